The quantitative estimate of drug-likeness (QED) is 0.540. The van der Waals surface area contributed by atoms with E-state index in [9.17, 15) is 13.2 Å². The number of sulfonamides is 1. The van der Waals surface area contributed by atoms with Crippen LogP contribution in [0.2, 0.25) is 0 Å². The molecule has 176 valence electrons. The lowest BCUT2D eigenvalue weighted by Gasteiger charge is -2.31. The Labute approximate surface area is 198 Å². The lowest BCUT2D eigenvalue weighted by Crippen LogP contribution is -2.45. The highest BCUT2D eigenvalue weighted by Crippen LogP contribution is 2.35. The van der Waals surface area contributed by atoms with E-state index in [0.717, 1.165) is 5.56 Å². The van der Waals surface area contributed by atoms with Crippen molar-refractivity contribution in [2.75, 3.05) is 13.1 Å². The first-order valence-corrected chi connectivity index (χ1v) is 13.3. The average Bonchev–Trinajstić information content (AvgIpc) is 3.46. The molecule has 33 heavy (non-hydrogen) atoms. The third kappa shape index (κ3) is 5.18. The van der Waals surface area contributed by atoms with Gasteiger partial charge in [-0.1, -0.05) is 49.3 Å². The van der Waals surface area contributed by atoms with Gasteiger partial charge in [-0.25, -0.2) is 8.42 Å². The Kier molecular flexibility index (Phi) is 6.96. The van der Waals surface area contributed by atoms with Crippen molar-refractivity contribution in [2.45, 2.75) is 51.0 Å². The van der Waals surface area contributed by atoms with E-state index < -0.39 is 10.0 Å². The van der Waals surface area contributed by atoms with Gasteiger partial charge in [0.05, 0.1) is 15.7 Å². The van der Waals surface area contributed by atoms with Crippen LogP contribution in [0.5, 0.6) is 0 Å². The maximum atomic E-state index is 13.5. The summed E-state index contributed by atoms with van der Waals surface area (Å²) in [5, 5.41) is 6.94. The van der Waals surface area contributed by atoms with Crippen molar-refractivity contribution in [1.29, 1.82) is 0 Å². The van der Waals surface area contributed by atoms with Crippen LogP contribution >= 0.6 is 11.3 Å². The number of thiophene rings is 1. The SMILES string of the molecule is Cc1sc(-c2noc(C(C)C)n2)cc1S(=O)(=O)N1CCC[C@H](C(=O)NCc2ccccc2)C1. The Bertz CT molecular complexity index is 1220. The van der Waals surface area contributed by atoms with Crippen LogP contribution in [-0.2, 0) is 21.4 Å². The Morgan fingerprint density at radius 1 is 1.30 bits per heavy atom. The summed E-state index contributed by atoms with van der Waals surface area (Å²) >= 11 is 1.33. The molecule has 10 heteroatoms. The third-order valence-corrected chi connectivity index (χ3v) is 8.88. The summed E-state index contributed by atoms with van der Waals surface area (Å²) < 4.78 is 33.6. The Morgan fingerprint density at radius 2 is 2.06 bits per heavy atom. The smallest absolute Gasteiger partial charge is 0.244 e. The van der Waals surface area contributed by atoms with Crippen LogP contribution in [0.15, 0.2) is 45.8 Å². The van der Waals surface area contributed by atoms with Crippen molar-refractivity contribution < 1.29 is 17.7 Å². The van der Waals surface area contributed by atoms with E-state index in [1.54, 1.807) is 13.0 Å². The van der Waals surface area contributed by atoms with E-state index in [1.807, 2.05) is 44.2 Å². The lowest BCUT2D eigenvalue weighted by molar-refractivity contribution is -0.126. The van der Waals surface area contributed by atoms with Crippen molar-refractivity contribution in [3.63, 3.8) is 0 Å². The Balaban J connectivity index is 1.47. The largest absolute Gasteiger partial charge is 0.352 e. The monoisotopic (exact) mass is 488 g/mol. The highest BCUT2D eigenvalue weighted by Gasteiger charge is 2.35. The molecular weight excluding hydrogens is 460 g/mol. The number of aryl methyl sites for hydroxylation is 1. The molecule has 1 aromatic carbocycles. The molecule has 2 aromatic heterocycles. The number of carbonyl (C=O) groups is 1. The van der Waals surface area contributed by atoms with Gasteiger partial charge in [0.2, 0.25) is 27.6 Å². The van der Waals surface area contributed by atoms with Crippen LogP contribution in [-0.4, -0.2) is 41.9 Å². The third-order valence-electron chi connectivity index (χ3n) is 5.71. The normalized spacial score (nSPS) is 17.4. The van der Waals surface area contributed by atoms with E-state index >= 15 is 0 Å². The summed E-state index contributed by atoms with van der Waals surface area (Å²) in [7, 11) is -3.75. The topological polar surface area (TPSA) is 105 Å². The van der Waals surface area contributed by atoms with Gasteiger partial charge >= 0.3 is 0 Å². The number of carbonyl (C=O) groups excluding carboxylic acids is 1. The standard InChI is InChI=1S/C23H28N4O4S2/c1-15(2)23-25-21(26-31-23)19-12-20(16(3)32-19)33(29,30)27-11-7-10-18(14-27)22(28)24-13-17-8-5-4-6-9-17/h4-6,8-9,12,15,18H,7,10-11,13-14H2,1-3H3,(H,24,28)/t18-/m0/s1. The Hall–Kier alpha value is -2.56. The molecule has 3 aromatic rings. The summed E-state index contributed by atoms with van der Waals surface area (Å²) in [6.45, 7) is 6.69. The molecule has 1 amide bonds. The summed E-state index contributed by atoms with van der Waals surface area (Å²) in [6.07, 6.45) is 1.31. The van der Waals surface area contributed by atoms with Gasteiger partial charge in [-0.3, -0.25) is 4.79 Å². The van der Waals surface area contributed by atoms with Crippen molar-refractivity contribution in [1.82, 2.24) is 19.8 Å². The van der Waals surface area contributed by atoms with Crippen molar-refractivity contribution in [3.05, 3.63) is 52.7 Å². The highest BCUT2D eigenvalue weighted by atomic mass is 32.2. The van der Waals surface area contributed by atoms with Gasteiger partial charge in [-0.05, 0) is 31.4 Å². The molecule has 0 bridgehead atoms. The molecular formula is C23H28N4O4S2. The number of piperidine rings is 1. The predicted molar refractivity (Wildman–Crippen MR) is 126 cm³/mol. The molecule has 3 heterocycles. The number of aromatic nitrogens is 2. The molecule has 1 atom stereocenters. The fourth-order valence-electron chi connectivity index (χ4n) is 3.84. The lowest BCUT2D eigenvalue weighted by atomic mass is 9.99. The van der Waals surface area contributed by atoms with Gasteiger partial charge in [0.15, 0.2) is 0 Å². The van der Waals surface area contributed by atoms with E-state index in [4.69, 9.17) is 4.52 Å². The molecule has 0 spiro atoms. The number of hydrogen-bond donors (Lipinski definition) is 1. The van der Waals surface area contributed by atoms with Gasteiger partial charge in [0.1, 0.15) is 0 Å². The molecule has 1 fully saturated rings. The minimum absolute atomic E-state index is 0.0915. The molecule has 1 aliphatic rings. The van der Waals surface area contributed by atoms with Crippen LogP contribution in [0.4, 0.5) is 0 Å². The predicted octanol–water partition coefficient (Wildman–Crippen LogP) is 3.95. The zero-order valence-corrected chi connectivity index (χ0v) is 20.6. The van der Waals surface area contributed by atoms with E-state index in [2.05, 4.69) is 15.5 Å². The fourth-order valence-corrected chi connectivity index (χ4v) is 6.85. The van der Waals surface area contributed by atoms with Gasteiger partial charge in [0.25, 0.3) is 0 Å². The van der Waals surface area contributed by atoms with Crippen LogP contribution in [0.1, 0.15) is 48.9 Å². The number of nitrogens with one attached hydrogen (secondary N) is 1. The van der Waals surface area contributed by atoms with Crippen molar-refractivity contribution in [2.24, 2.45) is 5.92 Å². The fraction of sp³-hybridized carbons (Fsp3) is 0.435. The number of rotatable bonds is 7. The first-order valence-electron chi connectivity index (χ1n) is 11.0. The first kappa shape index (κ1) is 23.6. The Morgan fingerprint density at radius 3 is 2.76 bits per heavy atom. The van der Waals surface area contributed by atoms with Crippen molar-refractivity contribution in [3.8, 4) is 10.7 Å². The summed E-state index contributed by atoms with van der Waals surface area (Å²) in [4.78, 5) is 18.7. The number of nitrogens with zero attached hydrogens (tertiary/aromatic N) is 3. The molecule has 0 aliphatic carbocycles. The van der Waals surface area contributed by atoms with Gasteiger partial charge in [-0.15, -0.1) is 11.3 Å². The number of amides is 1. The molecule has 8 nitrogen and oxygen atoms in total. The van der Waals surface area contributed by atoms with E-state index in [-0.39, 0.29) is 29.2 Å². The molecule has 1 saturated heterocycles. The number of hydrogen-bond acceptors (Lipinski definition) is 7. The number of benzene rings is 1. The zero-order chi connectivity index (χ0) is 23.6. The van der Waals surface area contributed by atoms with Crippen LogP contribution < -0.4 is 5.32 Å². The summed E-state index contributed by atoms with van der Waals surface area (Å²) in [6, 6.07) is 11.3. The summed E-state index contributed by atoms with van der Waals surface area (Å²) in [5.41, 5.74) is 1.01. The second-order valence-electron chi connectivity index (χ2n) is 8.55. The van der Waals surface area contributed by atoms with E-state index in [1.165, 1.54) is 15.6 Å². The molecule has 1 N–H and O–H groups in total. The van der Waals surface area contributed by atoms with Crippen molar-refractivity contribution >= 4 is 27.3 Å². The maximum absolute atomic E-state index is 13.5. The minimum Gasteiger partial charge on any atom is -0.352 e. The average molecular weight is 489 g/mol. The molecule has 0 radical (unpaired) electrons. The zero-order valence-electron chi connectivity index (χ0n) is 18.9. The molecule has 4 rings (SSSR count). The van der Waals surface area contributed by atoms with Gasteiger partial charge in [-0.2, -0.15) is 9.29 Å². The van der Waals surface area contributed by atoms with E-state index in [0.29, 0.717) is 47.4 Å². The second-order valence-corrected chi connectivity index (χ2v) is 11.7. The first-order chi connectivity index (χ1) is 15.8. The summed E-state index contributed by atoms with van der Waals surface area (Å²) in [5.74, 6) is 0.510. The van der Waals surface area contributed by atoms with Crippen LogP contribution in [0, 0.1) is 12.8 Å². The van der Waals surface area contributed by atoms with Gasteiger partial charge in [0, 0.05) is 30.4 Å². The molecule has 0 unspecified atom stereocenters. The molecule has 1 aliphatic heterocycles. The van der Waals surface area contributed by atoms with Crippen LogP contribution in [0.3, 0.4) is 0 Å². The molecule has 0 saturated carbocycles. The van der Waals surface area contributed by atoms with Crippen LogP contribution in [0.25, 0.3) is 10.7 Å². The second kappa shape index (κ2) is 9.74. The minimum atomic E-state index is -3.75. The van der Waals surface area contributed by atoms with Gasteiger partial charge < -0.3 is 9.84 Å². The highest BCUT2D eigenvalue weighted by molar-refractivity contribution is 7.89. The maximum Gasteiger partial charge on any atom is 0.244 e.